The van der Waals surface area contributed by atoms with Crippen LogP contribution in [-0.4, -0.2) is 102 Å². The summed E-state index contributed by atoms with van der Waals surface area (Å²) in [5.74, 6) is -1.66. The number of nitrogens with zero attached hydrogens (tertiary/aromatic N) is 15. The molecule has 586 valence electrons. The zero-order valence-corrected chi connectivity index (χ0v) is 65.4. The van der Waals surface area contributed by atoms with Crippen LogP contribution in [0.2, 0.25) is 5.02 Å². The minimum atomic E-state index is -3.57. The van der Waals surface area contributed by atoms with Gasteiger partial charge in [-0.05, 0) is 125 Å². The molecule has 31 heteroatoms. The quantitative estimate of drug-likeness (QED) is 0.0274. The molecule has 0 spiro atoms. The van der Waals surface area contributed by atoms with Crippen molar-refractivity contribution in [3.63, 3.8) is 0 Å². The number of aromatic nitrogens is 15. The molecule has 0 radical (unpaired) electrons. The minimum Gasteiger partial charge on any atom is -0.394 e. The van der Waals surface area contributed by atoms with Crippen molar-refractivity contribution < 1.29 is 66.3 Å². The van der Waals surface area contributed by atoms with Gasteiger partial charge in [0.1, 0.15) is 70.0 Å². The first-order valence-corrected chi connectivity index (χ1v) is 37.8. The fourth-order valence-corrected chi connectivity index (χ4v) is 11.6. The first kappa shape index (κ1) is 86.7. The van der Waals surface area contributed by atoms with Crippen molar-refractivity contribution >= 4 is 21.7 Å². The van der Waals surface area contributed by atoms with Gasteiger partial charge in [-0.3, -0.25) is 4.18 Å². The predicted octanol–water partition coefficient (Wildman–Crippen LogP) is 16.6. The number of benzene rings is 6. The summed E-state index contributed by atoms with van der Waals surface area (Å²) < 4.78 is 172. The highest BCUT2D eigenvalue weighted by atomic mass is 35.5. The van der Waals surface area contributed by atoms with E-state index in [4.69, 9.17) is 21.7 Å². The monoisotopic (exact) mass is 1560 g/mol. The predicted molar refractivity (Wildman–Crippen MR) is 398 cm³/mol. The first-order valence-electron chi connectivity index (χ1n) is 35.6. The summed E-state index contributed by atoms with van der Waals surface area (Å²) >= 11 is 5.55. The van der Waals surface area contributed by atoms with E-state index >= 15 is 0 Å². The highest BCUT2D eigenvalue weighted by molar-refractivity contribution is 7.86. The number of halogens is 11. The number of hydrogen-bond donors (Lipinski definition) is 1. The Bertz CT molecular complexity index is 4980. The number of rotatable bonds is 23. The molecule has 0 aliphatic heterocycles. The third-order valence-electron chi connectivity index (χ3n) is 16.5. The number of aliphatic hydroxyl groups excluding tert-OH is 1. The van der Waals surface area contributed by atoms with Crippen LogP contribution in [0.1, 0.15) is 154 Å². The van der Waals surface area contributed by atoms with E-state index < -0.39 is 73.3 Å². The molecule has 1 N–H and O–H groups in total. The average Bonchev–Trinajstić information content (AvgIpc) is 1.77. The second-order valence-electron chi connectivity index (χ2n) is 27.7. The molecular weight excluding hydrogens is 1470 g/mol. The van der Waals surface area contributed by atoms with Gasteiger partial charge < -0.3 is 5.11 Å². The number of aryl methyl sites for hydroxylation is 7. The van der Waals surface area contributed by atoms with Crippen LogP contribution in [0.5, 0.6) is 0 Å². The first-order chi connectivity index (χ1) is 51.4. The van der Waals surface area contributed by atoms with Gasteiger partial charge in [0.05, 0.1) is 61.4 Å². The van der Waals surface area contributed by atoms with Gasteiger partial charge >= 0.3 is 5.82 Å². The standard InChI is InChI=1S/C27H36F2N3.C14H17F2N3O3S.C13H15F2N3O.C12H12ClF2N3.C12H13F2N3/c1-9-10-24-30-25(22-12-11-21(28)16-23(22)29)31(8)32(24)17-18-13-19(26(2,3)4)15-20(14-18)27(5,6)7;1-3-4-13-17-14(11-6-5-10(15)9-12(11)16)19(18-13)7-8-22-23(2,20)21;1-2-3-12-16-13(18(17-12)6-7-19)10-5-4-9(14)8-11(10)15;1-3-4-9-16-12(18(2)17-9)7-5-6-8(14)10(13)11(7)15;1-3-4-11-15-12(17(2)16-11)9-6-5-8(13)7-10(9)14/h11-16H,9-10,17H2,1-8H3;5-6,9H,3-4,7-8H2,1-2H3;4-5,8,19H,2-3,6-7H2,1H3;5-6H,3-4H2,1-2H3;5-7H,3-4H2,1-2H3/q+1;;;;. The van der Waals surface area contributed by atoms with Crippen LogP contribution in [-0.2, 0) is 98.0 Å². The summed E-state index contributed by atoms with van der Waals surface area (Å²) in [5, 5.41) is 25.3. The molecule has 0 amide bonds. The van der Waals surface area contributed by atoms with E-state index in [1.807, 2.05) is 39.4 Å². The Morgan fingerprint density at radius 2 is 0.835 bits per heavy atom. The molecule has 0 aliphatic rings. The topological polar surface area (TPSA) is 208 Å². The van der Waals surface area contributed by atoms with Crippen molar-refractivity contribution in [2.24, 2.45) is 21.1 Å². The maximum atomic E-state index is 14.5. The fourth-order valence-electron chi connectivity index (χ4n) is 11.1. The zero-order chi connectivity index (χ0) is 80.4. The van der Waals surface area contributed by atoms with E-state index in [-0.39, 0.29) is 65.2 Å². The minimum absolute atomic E-state index is 0.0295. The molecule has 0 unspecified atom stereocenters. The van der Waals surface area contributed by atoms with Gasteiger partial charge in [-0.15, -0.1) is 0 Å². The van der Waals surface area contributed by atoms with E-state index in [9.17, 15) is 52.3 Å². The lowest BCUT2D eigenvalue weighted by Crippen LogP contribution is -2.42. The van der Waals surface area contributed by atoms with Crippen LogP contribution in [0, 0.1) is 58.2 Å². The Balaban J connectivity index is 0.000000194. The van der Waals surface area contributed by atoms with E-state index in [0.29, 0.717) is 78.0 Å². The smallest absolute Gasteiger partial charge is 0.353 e. The van der Waals surface area contributed by atoms with Crippen molar-refractivity contribution in [1.29, 1.82) is 0 Å². The maximum absolute atomic E-state index is 14.5. The fraction of sp³-hybridized carbons (Fsp3) is 0.410. The van der Waals surface area contributed by atoms with Crippen molar-refractivity contribution in [2.75, 3.05) is 19.5 Å². The summed E-state index contributed by atoms with van der Waals surface area (Å²) in [6, 6.07) is 22.9. The van der Waals surface area contributed by atoms with Gasteiger partial charge in [-0.2, -0.15) is 38.2 Å². The molecule has 0 saturated carbocycles. The molecule has 0 fully saturated rings. The van der Waals surface area contributed by atoms with E-state index in [1.165, 1.54) is 83.9 Å². The van der Waals surface area contributed by atoms with Gasteiger partial charge in [0.25, 0.3) is 15.9 Å². The number of hydrogen-bond acceptors (Lipinski definition) is 13. The molecule has 11 aromatic rings. The van der Waals surface area contributed by atoms with Crippen LogP contribution in [0.15, 0.2) is 103 Å². The molecule has 0 aliphatic carbocycles. The van der Waals surface area contributed by atoms with Crippen LogP contribution >= 0.6 is 11.6 Å². The molecule has 19 nitrogen and oxygen atoms in total. The largest absolute Gasteiger partial charge is 0.394 e. The van der Waals surface area contributed by atoms with Gasteiger partial charge in [-0.25, -0.2) is 82.6 Å². The molecule has 11 rings (SSSR count). The lowest BCUT2D eigenvalue weighted by Gasteiger charge is -2.26. The highest BCUT2D eigenvalue weighted by Crippen LogP contribution is 2.33. The summed E-state index contributed by atoms with van der Waals surface area (Å²) in [7, 11) is 1.68. The molecule has 0 atom stereocenters. The third-order valence-corrected chi connectivity index (χ3v) is 17.5. The molecule has 5 aromatic heterocycles. The van der Waals surface area contributed by atoms with Crippen molar-refractivity contribution in [2.45, 2.75) is 171 Å². The van der Waals surface area contributed by atoms with Crippen molar-refractivity contribution in [3.05, 3.63) is 212 Å². The van der Waals surface area contributed by atoms with Crippen LogP contribution in [0.4, 0.5) is 43.9 Å². The summed E-state index contributed by atoms with van der Waals surface area (Å²) in [6.07, 6.45) is 8.87. The zero-order valence-electron chi connectivity index (χ0n) is 63.9. The van der Waals surface area contributed by atoms with Gasteiger partial charge in [-0.1, -0.05) is 106 Å². The summed E-state index contributed by atoms with van der Waals surface area (Å²) in [4.78, 5) is 21.8. The van der Waals surface area contributed by atoms with E-state index in [0.717, 1.165) is 93.4 Å². The highest BCUT2D eigenvalue weighted by Gasteiger charge is 2.29. The van der Waals surface area contributed by atoms with Crippen molar-refractivity contribution in [3.8, 4) is 56.9 Å². The molecule has 0 bridgehead atoms. The Labute approximate surface area is 634 Å². The lowest BCUT2D eigenvalue weighted by molar-refractivity contribution is -0.744. The maximum Gasteiger partial charge on any atom is 0.353 e. The van der Waals surface area contributed by atoms with Crippen molar-refractivity contribution in [1.82, 2.24) is 68.7 Å². The lowest BCUT2D eigenvalue weighted by atomic mass is 9.79. The summed E-state index contributed by atoms with van der Waals surface area (Å²) in [5.41, 5.74) is 4.85. The van der Waals surface area contributed by atoms with E-state index in [2.05, 4.69) is 116 Å². The second kappa shape index (κ2) is 38.7. The number of aliphatic hydroxyl groups is 1. The van der Waals surface area contributed by atoms with Gasteiger partial charge in [0.2, 0.25) is 0 Å². The molecule has 6 aromatic carbocycles. The summed E-state index contributed by atoms with van der Waals surface area (Å²) in [6.45, 7) is 24.1. The van der Waals surface area contributed by atoms with Gasteiger partial charge in [0.15, 0.2) is 52.4 Å². The second-order valence-corrected chi connectivity index (χ2v) is 29.7. The Hall–Kier alpha value is -9.52. The van der Waals surface area contributed by atoms with E-state index in [1.54, 1.807) is 14.1 Å². The van der Waals surface area contributed by atoms with Crippen LogP contribution in [0.25, 0.3) is 56.9 Å². The SMILES string of the molecule is CCCc1nc(-c2ccc(F)c(Cl)c2F)n(C)n1.CCCc1nc(-c2ccc(F)cc2F)[n+](C)n1Cc1cc(C(C)(C)C)cc(C(C)(C)C)c1.CCCc1nc(-c2ccc(F)cc2F)n(C)n1.CCCc1nc(-c2ccc(F)cc2F)n(CCO)n1.CCCc1nc(-c2ccc(F)cc2F)n(CCOS(C)(=O)=O)n1. The Morgan fingerprint density at radius 1 is 0.468 bits per heavy atom. The molecule has 109 heavy (non-hydrogen) atoms. The average molecular weight is 1560 g/mol. The Kier molecular flexibility index (Phi) is 30.8. The van der Waals surface area contributed by atoms with Gasteiger partial charge in [0, 0.05) is 70.5 Å². The molecule has 5 heterocycles. The Morgan fingerprint density at radius 3 is 1.22 bits per heavy atom. The van der Waals surface area contributed by atoms with Crippen LogP contribution in [0.3, 0.4) is 0 Å². The normalized spacial score (nSPS) is 11.6. The molecular formula is C78H93ClF10N15O4S+. The van der Waals surface area contributed by atoms with Crippen LogP contribution < -0.4 is 4.68 Å². The third kappa shape index (κ3) is 23.7. The molecule has 0 saturated heterocycles.